The Morgan fingerprint density at radius 2 is 1.71 bits per heavy atom. The molecule has 0 spiro atoms. The van der Waals surface area contributed by atoms with Crippen molar-refractivity contribution in [2.24, 2.45) is 11.7 Å². The summed E-state index contributed by atoms with van der Waals surface area (Å²) in [6, 6.07) is 9.42. The Morgan fingerprint density at radius 3 is 2.24 bits per heavy atom. The van der Waals surface area contributed by atoms with Crippen LogP contribution in [-0.2, 0) is 13.1 Å². The second kappa shape index (κ2) is 4.79. The van der Waals surface area contributed by atoms with E-state index in [2.05, 4.69) is 29.2 Å². The first kappa shape index (κ1) is 11.2. The molecule has 2 N–H and O–H groups in total. The molecule has 1 heterocycles. The summed E-state index contributed by atoms with van der Waals surface area (Å²) in [6.07, 6.45) is 5.58. The van der Waals surface area contributed by atoms with Gasteiger partial charge in [0.05, 0.1) is 0 Å². The highest BCUT2D eigenvalue weighted by Crippen LogP contribution is 2.33. The van der Waals surface area contributed by atoms with Crippen molar-refractivity contribution in [2.45, 2.75) is 44.8 Å². The summed E-state index contributed by atoms with van der Waals surface area (Å²) >= 11 is 0. The van der Waals surface area contributed by atoms with E-state index in [1.807, 2.05) is 0 Å². The van der Waals surface area contributed by atoms with Crippen molar-refractivity contribution in [3.63, 3.8) is 0 Å². The summed E-state index contributed by atoms with van der Waals surface area (Å²) in [5.74, 6) is 0.842. The second-order valence-electron chi connectivity index (χ2n) is 5.52. The second-order valence-corrected chi connectivity index (χ2v) is 5.52. The molecule has 1 unspecified atom stereocenters. The first-order chi connectivity index (χ1) is 8.38. The summed E-state index contributed by atoms with van der Waals surface area (Å²) in [7, 11) is 0. The van der Waals surface area contributed by atoms with E-state index in [-0.39, 0.29) is 0 Å². The number of rotatable bonds is 3. The highest BCUT2D eigenvalue weighted by molar-refractivity contribution is 5.30. The van der Waals surface area contributed by atoms with Gasteiger partial charge in [0.2, 0.25) is 0 Å². The first-order valence-electron chi connectivity index (χ1n) is 6.89. The maximum absolute atomic E-state index is 6.03. The van der Waals surface area contributed by atoms with Gasteiger partial charge in [-0.2, -0.15) is 0 Å². The van der Waals surface area contributed by atoms with Crippen LogP contribution in [0, 0.1) is 5.92 Å². The van der Waals surface area contributed by atoms with Gasteiger partial charge in [-0.05, 0) is 29.9 Å². The average Bonchev–Trinajstić information content (AvgIpc) is 2.98. The van der Waals surface area contributed by atoms with Crippen LogP contribution in [0.15, 0.2) is 24.3 Å². The Hall–Kier alpha value is -0.860. The van der Waals surface area contributed by atoms with Gasteiger partial charge in [-0.3, -0.25) is 4.90 Å². The minimum absolute atomic E-state index is 0.602. The van der Waals surface area contributed by atoms with Gasteiger partial charge in [0.25, 0.3) is 0 Å². The highest BCUT2D eigenvalue weighted by atomic mass is 15.2. The summed E-state index contributed by atoms with van der Waals surface area (Å²) in [5.41, 5.74) is 9.03. The molecule has 2 nitrogen and oxygen atoms in total. The molecular formula is C15H22N2. The summed E-state index contributed by atoms with van der Waals surface area (Å²) in [6.45, 7) is 3.03. The monoisotopic (exact) mass is 230 g/mol. The number of nitrogens with two attached hydrogens (primary N) is 1. The molecule has 92 valence electrons. The number of benzene rings is 1. The van der Waals surface area contributed by atoms with Crippen LogP contribution in [0.1, 0.15) is 36.8 Å². The fraction of sp³-hybridized carbons (Fsp3) is 0.600. The molecule has 1 aliphatic heterocycles. The molecule has 1 atom stereocenters. The Bertz CT molecular complexity index is 357. The Morgan fingerprint density at radius 1 is 1.12 bits per heavy atom. The molecule has 2 aliphatic rings. The van der Waals surface area contributed by atoms with E-state index < -0.39 is 0 Å². The third-order valence-corrected chi connectivity index (χ3v) is 4.52. The van der Waals surface area contributed by atoms with E-state index in [1.54, 1.807) is 0 Å². The minimum atomic E-state index is 0.602. The lowest BCUT2D eigenvalue weighted by atomic mass is 9.97. The fourth-order valence-electron chi connectivity index (χ4n) is 3.58. The largest absolute Gasteiger partial charge is 0.329 e. The SMILES string of the molecule is NCC(C1CCCC1)N1Cc2ccccc2C1. The van der Waals surface area contributed by atoms with Gasteiger partial charge < -0.3 is 5.73 Å². The van der Waals surface area contributed by atoms with Gasteiger partial charge in [0.1, 0.15) is 0 Å². The fourth-order valence-corrected chi connectivity index (χ4v) is 3.58. The lowest BCUT2D eigenvalue weighted by molar-refractivity contribution is 0.147. The first-order valence-corrected chi connectivity index (χ1v) is 6.89. The van der Waals surface area contributed by atoms with Crippen molar-refractivity contribution >= 4 is 0 Å². The topological polar surface area (TPSA) is 29.3 Å². The molecule has 0 saturated heterocycles. The molecule has 3 rings (SSSR count). The number of nitrogens with zero attached hydrogens (tertiary/aromatic N) is 1. The smallest absolute Gasteiger partial charge is 0.0253 e. The zero-order chi connectivity index (χ0) is 11.7. The molecular weight excluding hydrogens is 208 g/mol. The molecule has 1 aliphatic carbocycles. The lowest BCUT2D eigenvalue weighted by Crippen LogP contribution is -2.42. The molecule has 17 heavy (non-hydrogen) atoms. The van der Waals surface area contributed by atoms with Crippen LogP contribution < -0.4 is 5.73 Å². The van der Waals surface area contributed by atoms with E-state index in [0.29, 0.717) is 6.04 Å². The molecule has 0 radical (unpaired) electrons. The van der Waals surface area contributed by atoms with E-state index in [9.17, 15) is 0 Å². The standard InChI is InChI=1S/C15H22N2/c16-9-15(12-5-1-2-6-12)17-10-13-7-3-4-8-14(13)11-17/h3-4,7-8,12,15H,1-2,5-6,9-11,16H2. The van der Waals surface area contributed by atoms with Crippen molar-refractivity contribution in [3.05, 3.63) is 35.4 Å². The van der Waals surface area contributed by atoms with E-state index in [0.717, 1.165) is 25.6 Å². The van der Waals surface area contributed by atoms with Crippen LogP contribution in [0.3, 0.4) is 0 Å². The normalized spacial score (nSPS) is 22.9. The van der Waals surface area contributed by atoms with Crippen molar-refractivity contribution in [3.8, 4) is 0 Å². The molecule has 2 heteroatoms. The van der Waals surface area contributed by atoms with Crippen LogP contribution >= 0.6 is 0 Å². The number of fused-ring (bicyclic) bond motifs is 1. The molecule has 1 aromatic carbocycles. The molecule has 0 aromatic heterocycles. The van der Waals surface area contributed by atoms with Gasteiger partial charge in [0, 0.05) is 25.7 Å². The number of hydrogen-bond donors (Lipinski definition) is 1. The molecule has 1 saturated carbocycles. The maximum Gasteiger partial charge on any atom is 0.0253 e. The van der Waals surface area contributed by atoms with E-state index in [4.69, 9.17) is 5.73 Å². The van der Waals surface area contributed by atoms with Crippen molar-refractivity contribution in [1.29, 1.82) is 0 Å². The van der Waals surface area contributed by atoms with Crippen LogP contribution in [0.4, 0.5) is 0 Å². The molecule has 1 fully saturated rings. The van der Waals surface area contributed by atoms with Crippen molar-refractivity contribution < 1.29 is 0 Å². The van der Waals surface area contributed by atoms with Gasteiger partial charge in [-0.25, -0.2) is 0 Å². The summed E-state index contributed by atoms with van der Waals surface area (Å²) in [5, 5.41) is 0. The summed E-state index contributed by atoms with van der Waals surface area (Å²) < 4.78 is 0. The van der Waals surface area contributed by atoms with Gasteiger partial charge in [0.15, 0.2) is 0 Å². The zero-order valence-electron chi connectivity index (χ0n) is 10.4. The summed E-state index contributed by atoms with van der Waals surface area (Å²) in [4.78, 5) is 2.60. The molecule has 0 amide bonds. The van der Waals surface area contributed by atoms with Crippen molar-refractivity contribution in [2.75, 3.05) is 6.54 Å². The Labute approximate surface area is 104 Å². The average molecular weight is 230 g/mol. The molecule has 1 aromatic rings. The van der Waals surface area contributed by atoms with Crippen LogP contribution in [-0.4, -0.2) is 17.5 Å². The van der Waals surface area contributed by atoms with Gasteiger partial charge in [-0.15, -0.1) is 0 Å². The van der Waals surface area contributed by atoms with Crippen LogP contribution in [0.2, 0.25) is 0 Å². The lowest BCUT2D eigenvalue weighted by Gasteiger charge is -2.31. The Balaban J connectivity index is 1.73. The van der Waals surface area contributed by atoms with Gasteiger partial charge >= 0.3 is 0 Å². The molecule has 0 bridgehead atoms. The predicted molar refractivity (Wildman–Crippen MR) is 70.5 cm³/mol. The van der Waals surface area contributed by atoms with Crippen molar-refractivity contribution in [1.82, 2.24) is 4.90 Å². The van der Waals surface area contributed by atoms with Gasteiger partial charge in [-0.1, -0.05) is 37.1 Å². The Kier molecular flexibility index (Phi) is 3.17. The number of hydrogen-bond acceptors (Lipinski definition) is 2. The van der Waals surface area contributed by atoms with Crippen LogP contribution in [0.25, 0.3) is 0 Å². The zero-order valence-corrected chi connectivity index (χ0v) is 10.4. The predicted octanol–water partition coefficient (Wildman–Crippen LogP) is 2.52. The van der Waals surface area contributed by atoms with E-state index >= 15 is 0 Å². The third-order valence-electron chi connectivity index (χ3n) is 4.52. The third kappa shape index (κ3) is 2.12. The van der Waals surface area contributed by atoms with E-state index in [1.165, 1.54) is 36.8 Å². The minimum Gasteiger partial charge on any atom is -0.329 e. The van der Waals surface area contributed by atoms with Crippen LogP contribution in [0.5, 0.6) is 0 Å². The maximum atomic E-state index is 6.03. The quantitative estimate of drug-likeness (QED) is 0.864. The highest BCUT2D eigenvalue weighted by Gasteiger charge is 2.31.